The van der Waals surface area contributed by atoms with Crippen LogP contribution in [0.25, 0.3) is 0 Å². The molecule has 0 atom stereocenters. The van der Waals surface area contributed by atoms with Gasteiger partial charge in [-0.3, -0.25) is 30.3 Å². The molecule has 2 N–H and O–H groups in total. The molecule has 0 unspecified atom stereocenters. The van der Waals surface area contributed by atoms with E-state index in [4.69, 9.17) is 75.3 Å². The van der Waals surface area contributed by atoms with E-state index in [1.54, 1.807) is 0 Å². The van der Waals surface area contributed by atoms with E-state index in [-0.39, 0.29) is 35.8 Å². The summed E-state index contributed by atoms with van der Waals surface area (Å²) in [4.78, 5) is 28.3. The predicted octanol–water partition coefficient (Wildman–Crippen LogP) is 8.57. The van der Waals surface area contributed by atoms with Crippen LogP contribution >= 0.6 is 69.6 Å². The summed E-state index contributed by atoms with van der Waals surface area (Å²) in [5.41, 5.74) is 3.15. The standard InChI is InChI=1S/C6H2Cl2FNO2.C6H4Cl2FN.C6H2Cl2N2O4/c7-3-1-5(9)6(10(11)12)2-4(3)8;7-3-1-5(9)6(10)2-4(3)8;7-3-1-5(9(11)12)6(10(13)14)2-4(3)8/h1-2H;1-2H,10H2;1-2H/i2*9-1;. The Hall–Kier alpha value is -2.74. The zero-order valence-electron chi connectivity index (χ0n) is 16.9. The molecule has 0 aliphatic heterocycles. The maximum absolute atomic E-state index is 12.7. The van der Waals surface area contributed by atoms with E-state index in [9.17, 15) is 39.1 Å². The second kappa shape index (κ2) is 13.5. The molecular formula is C18H8Cl6F2N4O6. The molecule has 3 aromatic rings. The number of nitrogens with zero attached hydrogens (tertiary/aromatic N) is 3. The molecule has 0 fully saturated rings. The monoisotopic (exact) mass is 622 g/mol. The van der Waals surface area contributed by atoms with Gasteiger partial charge >= 0.3 is 17.1 Å². The van der Waals surface area contributed by atoms with Gasteiger partial charge < -0.3 is 5.73 Å². The third-order valence-corrected chi connectivity index (χ3v) is 5.80. The Morgan fingerprint density at radius 1 is 0.528 bits per heavy atom. The van der Waals surface area contributed by atoms with Crippen LogP contribution in [0.4, 0.5) is 31.5 Å². The molecule has 0 aliphatic rings. The van der Waals surface area contributed by atoms with Gasteiger partial charge in [-0.2, -0.15) is 4.39 Å². The fourth-order valence-electron chi connectivity index (χ4n) is 2.01. The van der Waals surface area contributed by atoms with Crippen molar-refractivity contribution in [3.05, 3.63) is 109 Å². The fraction of sp³-hybridized carbons (Fsp3) is 0. The number of hydrogen-bond donors (Lipinski definition) is 1. The molecule has 0 amide bonds. The summed E-state index contributed by atoms with van der Waals surface area (Å²) >= 11 is 32.7. The van der Waals surface area contributed by atoms with Crippen molar-refractivity contribution in [2.75, 3.05) is 5.73 Å². The van der Waals surface area contributed by atoms with E-state index in [2.05, 4.69) is 0 Å². The highest BCUT2D eigenvalue weighted by Crippen LogP contribution is 2.35. The number of benzene rings is 3. The smallest absolute Gasteiger partial charge is 0.347 e. The Bertz CT molecular complexity index is 1260. The highest BCUT2D eigenvalue weighted by atomic mass is 35.5. The molecule has 10 nitrogen and oxygen atoms in total. The molecule has 0 bridgehead atoms. The van der Waals surface area contributed by atoms with Crippen molar-refractivity contribution in [3.8, 4) is 0 Å². The second-order valence-corrected chi connectivity index (χ2v) is 8.48. The predicted molar refractivity (Wildman–Crippen MR) is 134 cm³/mol. The minimum atomic E-state index is -0.991. The van der Waals surface area contributed by atoms with Gasteiger partial charge in [0.1, 0.15) is 5.82 Å². The van der Waals surface area contributed by atoms with Crippen LogP contribution in [0.5, 0.6) is 0 Å². The molecular weight excluding hydrogens is 617 g/mol. The first-order valence-corrected chi connectivity index (χ1v) is 10.8. The highest BCUT2D eigenvalue weighted by molar-refractivity contribution is 6.43. The number of rotatable bonds is 3. The lowest BCUT2D eigenvalue weighted by Crippen LogP contribution is -1.96. The molecule has 3 rings (SSSR count). The van der Waals surface area contributed by atoms with Gasteiger partial charge in [0.15, 0.2) is 0 Å². The van der Waals surface area contributed by atoms with Crippen LogP contribution in [0.1, 0.15) is 0 Å². The molecule has 0 aromatic heterocycles. The molecule has 0 saturated heterocycles. The number of nitro groups is 3. The van der Waals surface area contributed by atoms with Crippen molar-refractivity contribution < 1.29 is 23.6 Å². The van der Waals surface area contributed by atoms with E-state index in [1.165, 1.54) is 6.07 Å². The number of anilines is 1. The second-order valence-electron chi connectivity index (χ2n) is 6.03. The lowest BCUT2D eigenvalue weighted by molar-refractivity contribution is -0.422. The van der Waals surface area contributed by atoms with Crippen LogP contribution in [0, 0.1) is 42.0 Å². The summed E-state index contributed by atoms with van der Waals surface area (Å²) in [6, 6.07) is 5.74. The lowest BCUT2D eigenvalue weighted by atomic mass is 10.3. The Morgan fingerprint density at radius 2 is 0.806 bits per heavy atom. The highest BCUT2D eigenvalue weighted by Gasteiger charge is 2.25. The van der Waals surface area contributed by atoms with Gasteiger partial charge in [0, 0.05) is 24.3 Å². The van der Waals surface area contributed by atoms with E-state index >= 15 is 0 Å². The minimum Gasteiger partial charge on any atom is -0.396 e. The summed E-state index contributed by atoms with van der Waals surface area (Å²) in [5.74, 6) is -1.54. The third-order valence-electron chi connectivity index (χ3n) is 3.64. The van der Waals surface area contributed by atoms with Crippen LogP contribution in [0.15, 0.2) is 36.4 Å². The van der Waals surface area contributed by atoms with Crippen LogP contribution in [-0.2, 0) is 0 Å². The quantitative estimate of drug-likeness (QED) is 0.132. The van der Waals surface area contributed by atoms with Crippen LogP contribution in [0.2, 0.25) is 30.1 Å². The Morgan fingerprint density at radius 3 is 1.14 bits per heavy atom. The van der Waals surface area contributed by atoms with Gasteiger partial charge in [0.25, 0.3) is 0 Å². The van der Waals surface area contributed by atoms with Crippen LogP contribution < -0.4 is 5.73 Å². The first kappa shape index (κ1) is 31.3. The molecule has 36 heavy (non-hydrogen) atoms. The number of halogens is 8. The van der Waals surface area contributed by atoms with Gasteiger partial charge in [-0.25, -0.2) is 4.39 Å². The van der Waals surface area contributed by atoms with Gasteiger partial charge in [-0.1, -0.05) is 69.6 Å². The van der Waals surface area contributed by atoms with Crippen molar-refractivity contribution in [2.24, 2.45) is 0 Å². The zero-order valence-corrected chi connectivity index (χ0v) is 21.4. The van der Waals surface area contributed by atoms with Crippen molar-refractivity contribution in [1.82, 2.24) is 0 Å². The summed E-state index contributed by atoms with van der Waals surface area (Å²) < 4.78 is 25.2. The van der Waals surface area contributed by atoms with E-state index in [0.29, 0.717) is 0 Å². The van der Waals surface area contributed by atoms with Gasteiger partial charge in [0.2, 0.25) is 5.82 Å². The SMILES string of the molecule is Nc1cc(Cl)c(Cl)cc1[18F].O=[N+]([O-])c1cc(Cl)c(Cl)cc1[18F].O=[N+]([O-])c1cc(Cl)c(Cl)cc1[N+](=O)[O-]. The molecule has 18 heteroatoms. The molecule has 0 aliphatic carbocycles. The van der Waals surface area contributed by atoms with Crippen molar-refractivity contribution in [3.63, 3.8) is 0 Å². The lowest BCUT2D eigenvalue weighted by Gasteiger charge is -1.97. The average Bonchev–Trinajstić information content (AvgIpc) is 2.77. The van der Waals surface area contributed by atoms with E-state index in [0.717, 1.165) is 30.3 Å². The maximum atomic E-state index is 12.7. The van der Waals surface area contributed by atoms with Gasteiger partial charge in [-0.05, 0) is 12.1 Å². The molecule has 0 radical (unpaired) electrons. The summed E-state index contributed by atoms with van der Waals surface area (Å²) in [6.45, 7) is 0. The molecule has 0 heterocycles. The van der Waals surface area contributed by atoms with E-state index in [1.807, 2.05) is 0 Å². The topological polar surface area (TPSA) is 155 Å². The summed E-state index contributed by atoms with van der Waals surface area (Å²) in [5, 5.41) is 31.1. The summed E-state index contributed by atoms with van der Waals surface area (Å²) in [6.07, 6.45) is 0. The molecule has 0 spiro atoms. The largest absolute Gasteiger partial charge is 0.396 e. The number of nitrogens with two attached hydrogens (primary N) is 1. The zero-order chi connectivity index (χ0) is 27.9. The number of nitro benzene ring substituents is 3. The normalized spacial score (nSPS) is 9.89. The fourth-order valence-corrected chi connectivity index (χ4v) is 2.95. The average molecular weight is 625 g/mol. The molecule has 3 aromatic carbocycles. The first-order chi connectivity index (χ1) is 16.6. The van der Waals surface area contributed by atoms with E-state index < -0.39 is 43.5 Å². The van der Waals surface area contributed by atoms with Crippen LogP contribution in [-0.4, -0.2) is 14.8 Å². The molecule has 0 saturated carbocycles. The van der Waals surface area contributed by atoms with Gasteiger partial charge in [0.05, 0.1) is 50.6 Å². The minimum absolute atomic E-state index is 0.00870. The molecule has 192 valence electrons. The van der Waals surface area contributed by atoms with Crippen molar-refractivity contribution >= 4 is 92.4 Å². The third kappa shape index (κ3) is 8.73. The number of hydrogen-bond acceptors (Lipinski definition) is 7. The van der Waals surface area contributed by atoms with Gasteiger partial charge in [-0.15, -0.1) is 0 Å². The maximum Gasteiger partial charge on any atom is 0.347 e. The Labute approximate surface area is 229 Å². The van der Waals surface area contributed by atoms with Crippen molar-refractivity contribution in [1.29, 1.82) is 0 Å². The first-order valence-electron chi connectivity index (χ1n) is 8.53. The Kier molecular flexibility index (Phi) is 11.8. The Balaban J connectivity index is 0.000000274. The summed E-state index contributed by atoms with van der Waals surface area (Å²) in [7, 11) is 0. The van der Waals surface area contributed by atoms with Crippen LogP contribution in [0.3, 0.4) is 0 Å². The number of nitrogen functional groups attached to an aromatic ring is 1. The van der Waals surface area contributed by atoms with Crippen molar-refractivity contribution in [2.45, 2.75) is 0 Å².